The van der Waals surface area contributed by atoms with Crippen LogP contribution in [0.4, 0.5) is 0 Å². The molecule has 1 atom stereocenters. The predicted molar refractivity (Wildman–Crippen MR) is 85.3 cm³/mol. The molecule has 0 aliphatic heterocycles. The highest BCUT2D eigenvalue weighted by molar-refractivity contribution is 7.11. The number of aromatic nitrogens is 1. The SMILES string of the molecule is Cc1nc(C(=O)NC(C(=O)O)c2cccc(C)c2C)c(C)s1. The van der Waals surface area contributed by atoms with E-state index in [9.17, 15) is 14.7 Å². The summed E-state index contributed by atoms with van der Waals surface area (Å²) in [5, 5.41) is 12.8. The Morgan fingerprint density at radius 1 is 1.23 bits per heavy atom. The third-order valence-electron chi connectivity index (χ3n) is 3.60. The lowest BCUT2D eigenvalue weighted by molar-refractivity contribution is -0.139. The third-order valence-corrected chi connectivity index (χ3v) is 4.48. The number of amides is 1. The molecule has 22 heavy (non-hydrogen) atoms. The molecule has 2 rings (SSSR count). The van der Waals surface area contributed by atoms with Gasteiger partial charge in [0.05, 0.1) is 5.01 Å². The van der Waals surface area contributed by atoms with E-state index in [1.165, 1.54) is 11.3 Å². The lowest BCUT2D eigenvalue weighted by Crippen LogP contribution is -2.34. The van der Waals surface area contributed by atoms with E-state index in [-0.39, 0.29) is 0 Å². The number of carbonyl (C=O) groups excluding carboxylic acids is 1. The molecule has 1 unspecified atom stereocenters. The zero-order valence-corrected chi connectivity index (χ0v) is 13.7. The van der Waals surface area contributed by atoms with E-state index in [0.717, 1.165) is 21.0 Å². The minimum absolute atomic E-state index is 0.291. The number of rotatable bonds is 4. The molecule has 1 aromatic carbocycles. The number of nitrogens with zero attached hydrogens (tertiary/aromatic N) is 1. The Kier molecular flexibility index (Phi) is 4.61. The van der Waals surface area contributed by atoms with Gasteiger partial charge in [-0.15, -0.1) is 11.3 Å². The molecule has 0 spiro atoms. The number of aliphatic carboxylic acids is 1. The second kappa shape index (κ2) is 6.27. The highest BCUT2D eigenvalue weighted by Crippen LogP contribution is 2.22. The smallest absolute Gasteiger partial charge is 0.330 e. The number of carboxylic acid groups (broad SMARTS) is 1. The summed E-state index contributed by atoms with van der Waals surface area (Å²) in [4.78, 5) is 28.9. The van der Waals surface area contributed by atoms with Crippen molar-refractivity contribution in [2.75, 3.05) is 0 Å². The Bertz CT molecular complexity index is 737. The Hall–Kier alpha value is -2.21. The summed E-state index contributed by atoms with van der Waals surface area (Å²) in [6.07, 6.45) is 0. The van der Waals surface area contributed by atoms with Crippen LogP contribution in [-0.4, -0.2) is 22.0 Å². The Morgan fingerprint density at radius 3 is 2.45 bits per heavy atom. The van der Waals surface area contributed by atoms with Crippen LogP contribution >= 0.6 is 11.3 Å². The highest BCUT2D eigenvalue weighted by atomic mass is 32.1. The van der Waals surface area contributed by atoms with Crippen LogP contribution in [0.25, 0.3) is 0 Å². The first-order valence-corrected chi connectivity index (χ1v) is 7.66. The molecule has 1 aromatic heterocycles. The average Bonchev–Trinajstić information content (AvgIpc) is 2.78. The zero-order chi connectivity index (χ0) is 16.4. The number of carboxylic acids is 1. The van der Waals surface area contributed by atoms with Crippen molar-refractivity contribution in [2.45, 2.75) is 33.7 Å². The van der Waals surface area contributed by atoms with Gasteiger partial charge in [-0.1, -0.05) is 18.2 Å². The lowest BCUT2D eigenvalue weighted by Gasteiger charge is -2.18. The third kappa shape index (κ3) is 3.17. The van der Waals surface area contributed by atoms with E-state index in [2.05, 4.69) is 10.3 Å². The maximum Gasteiger partial charge on any atom is 0.330 e. The maximum atomic E-state index is 12.3. The van der Waals surface area contributed by atoms with Gasteiger partial charge in [-0.25, -0.2) is 9.78 Å². The molecular formula is C16H18N2O3S. The lowest BCUT2D eigenvalue weighted by atomic mass is 9.97. The van der Waals surface area contributed by atoms with Gasteiger partial charge in [0, 0.05) is 4.88 Å². The summed E-state index contributed by atoms with van der Waals surface area (Å²) in [5.41, 5.74) is 2.73. The fourth-order valence-corrected chi connectivity index (χ4v) is 3.11. The van der Waals surface area contributed by atoms with Gasteiger partial charge in [0.2, 0.25) is 0 Å². The first kappa shape index (κ1) is 16.2. The van der Waals surface area contributed by atoms with E-state index < -0.39 is 17.9 Å². The van der Waals surface area contributed by atoms with Gasteiger partial charge in [0.1, 0.15) is 5.69 Å². The molecule has 0 saturated heterocycles. The largest absolute Gasteiger partial charge is 0.479 e. The maximum absolute atomic E-state index is 12.3. The molecule has 0 radical (unpaired) electrons. The Labute approximate surface area is 133 Å². The van der Waals surface area contributed by atoms with Crippen LogP contribution in [-0.2, 0) is 4.79 Å². The van der Waals surface area contributed by atoms with Crippen molar-refractivity contribution in [3.05, 3.63) is 50.5 Å². The van der Waals surface area contributed by atoms with Crippen molar-refractivity contribution in [3.8, 4) is 0 Å². The van der Waals surface area contributed by atoms with Crippen molar-refractivity contribution in [1.82, 2.24) is 10.3 Å². The molecule has 116 valence electrons. The van der Waals surface area contributed by atoms with E-state index in [1.807, 2.05) is 26.8 Å². The van der Waals surface area contributed by atoms with Gasteiger partial charge in [-0.2, -0.15) is 0 Å². The highest BCUT2D eigenvalue weighted by Gasteiger charge is 2.26. The molecule has 0 aliphatic carbocycles. The number of aryl methyl sites for hydroxylation is 3. The van der Waals surface area contributed by atoms with Gasteiger partial charge in [0.25, 0.3) is 5.91 Å². The van der Waals surface area contributed by atoms with E-state index >= 15 is 0 Å². The van der Waals surface area contributed by atoms with Gasteiger partial charge in [-0.3, -0.25) is 4.79 Å². The summed E-state index contributed by atoms with van der Waals surface area (Å²) >= 11 is 1.42. The minimum atomic E-state index is -1.09. The standard InChI is InChI=1S/C16H18N2O3S/c1-8-6-5-7-12(9(8)2)14(16(20)21)18-15(19)13-10(3)22-11(4)17-13/h5-7,14H,1-4H3,(H,18,19)(H,20,21). The Balaban J connectivity index is 2.34. The molecule has 0 saturated carbocycles. The number of carbonyl (C=O) groups is 2. The summed E-state index contributed by atoms with van der Waals surface area (Å²) in [6.45, 7) is 7.37. The molecule has 2 N–H and O–H groups in total. The van der Waals surface area contributed by atoms with Crippen molar-refractivity contribution in [1.29, 1.82) is 0 Å². The molecule has 0 aliphatic rings. The van der Waals surface area contributed by atoms with Crippen LogP contribution in [0.3, 0.4) is 0 Å². The molecule has 0 bridgehead atoms. The molecule has 1 amide bonds. The van der Waals surface area contributed by atoms with Crippen LogP contribution in [0.2, 0.25) is 0 Å². The van der Waals surface area contributed by atoms with E-state index in [4.69, 9.17) is 0 Å². The average molecular weight is 318 g/mol. The van der Waals surface area contributed by atoms with Crippen molar-refractivity contribution in [3.63, 3.8) is 0 Å². The fourth-order valence-electron chi connectivity index (χ4n) is 2.30. The first-order chi connectivity index (χ1) is 10.3. The van der Waals surface area contributed by atoms with E-state index in [1.54, 1.807) is 19.1 Å². The number of benzene rings is 1. The van der Waals surface area contributed by atoms with Gasteiger partial charge >= 0.3 is 5.97 Å². The van der Waals surface area contributed by atoms with Crippen LogP contribution < -0.4 is 5.32 Å². The van der Waals surface area contributed by atoms with Gasteiger partial charge in [-0.05, 0) is 44.4 Å². The number of thiazole rings is 1. The molecule has 6 heteroatoms. The van der Waals surface area contributed by atoms with Crippen molar-refractivity contribution < 1.29 is 14.7 Å². The summed E-state index contributed by atoms with van der Waals surface area (Å²) < 4.78 is 0. The normalized spacial score (nSPS) is 12.0. The van der Waals surface area contributed by atoms with E-state index in [0.29, 0.717) is 11.3 Å². The first-order valence-electron chi connectivity index (χ1n) is 6.85. The molecule has 0 fully saturated rings. The van der Waals surface area contributed by atoms with Crippen molar-refractivity contribution in [2.24, 2.45) is 0 Å². The second-order valence-electron chi connectivity index (χ2n) is 5.17. The summed E-state index contributed by atoms with van der Waals surface area (Å²) in [7, 11) is 0. The van der Waals surface area contributed by atoms with Crippen LogP contribution in [0.5, 0.6) is 0 Å². The number of nitrogens with one attached hydrogen (secondary N) is 1. The molecular weight excluding hydrogens is 300 g/mol. The molecule has 2 aromatic rings. The number of hydrogen-bond acceptors (Lipinski definition) is 4. The van der Waals surface area contributed by atoms with Crippen LogP contribution in [0.15, 0.2) is 18.2 Å². The van der Waals surface area contributed by atoms with Crippen LogP contribution in [0.1, 0.15) is 43.1 Å². The summed E-state index contributed by atoms with van der Waals surface area (Å²) in [5.74, 6) is -1.55. The van der Waals surface area contributed by atoms with Crippen LogP contribution in [0, 0.1) is 27.7 Å². The zero-order valence-electron chi connectivity index (χ0n) is 12.9. The summed E-state index contributed by atoms with van der Waals surface area (Å²) in [6, 6.07) is 4.33. The minimum Gasteiger partial charge on any atom is -0.479 e. The second-order valence-corrected chi connectivity index (χ2v) is 6.58. The Morgan fingerprint density at radius 2 is 1.91 bits per heavy atom. The van der Waals surface area contributed by atoms with Crippen molar-refractivity contribution >= 4 is 23.2 Å². The quantitative estimate of drug-likeness (QED) is 0.908. The fraction of sp³-hybridized carbons (Fsp3) is 0.312. The predicted octanol–water partition coefficient (Wildman–Crippen LogP) is 2.93. The van der Waals surface area contributed by atoms with Gasteiger partial charge < -0.3 is 10.4 Å². The molecule has 5 nitrogen and oxygen atoms in total. The van der Waals surface area contributed by atoms with Gasteiger partial charge in [0.15, 0.2) is 6.04 Å². The number of hydrogen-bond donors (Lipinski definition) is 2. The topological polar surface area (TPSA) is 79.3 Å². The molecule has 1 heterocycles. The monoisotopic (exact) mass is 318 g/mol.